The van der Waals surface area contributed by atoms with E-state index >= 15 is 0 Å². The van der Waals surface area contributed by atoms with Crippen LogP contribution in [-0.4, -0.2) is 41.9 Å². The Morgan fingerprint density at radius 2 is 2.10 bits per heavy atom. The summed E-state index contributed by atoms with van der Waals surface area (Å²) >= 11 is 5.89. The number of nitrogens with one attached hydrogen (secondary N) is 1. The van der Waals surface area contributed by atoms with Crippen molar-refractivity contribution in [3.05, 3.63) is 28.8 Å². The first kappa shape index (κ1) is 17.6. The van der Waals surface area contributed by atoms with E-state index in [1.54, 1.807) is 19.1 Å². The maximum Gasteiger partial charge on any atom is 0.406 e. The normalized spacial score (nSPS) is 11.3. The summed E-state index contributed by atoms with van der Waals surface area (Å²) in [7, 11) is 0. The number of nitrogens with zero attached hydrogens (tertiary/aromatic N) is 1. The first-order valence-corrected chi connectivity index (χ1v) is 6.60. The van der Waals surface area contributed by atoms with E-state index in [0.29, 0.717) is 15.6 Å². The monoisotopic (exact) mass is 324 g/mol. The van der Waals surface area contributed by atoms with Crippen LogP contribution in [0.2, 0.25) is 5.02 Å². The van der Waals surface area contributed by atoms with Crippen LogP contribution >= 0.6 is 11.6 Å². The predicted octanol–water partition coefficient (Wildman–Crippen LogP) is 3.43. The highest BCUT2D eigenvalue weighted by molar-refractivity contribution is 6.31. The summed E-state index contributed by atoms with van der Waals surface area (Å²) in [5.41, 5.74) is 1.11. The molecule has 0 saturated carbocycles. The van der Waals surface area contributed by atoms with E-state index in [0.717, 1.165) is 5.56 Å². The molecular formula is C13H16ClF3N2O2. The van der Waals surface area contributed by atoms with Gasteiger partial charge in [-0.15, -0.1) is 0 Å². The number of halogens is 4. The summed E-state index contributed by atoms with van der Waals surface area (Å²) < 4.78 is 37.3. The Balaban J connectivity index is 2.77. The molecule has 0 fully saturated rings. The van der Waals surface area contributed by atoms with Gasteiger partial charge in [-0.25, -0.2) is 4.79 Å². The van der Waals surface area contributed by atoms with Gasteiger partial charge in [0.1, 0.15) is 6.54 Å². The second-order valence-corrected chi connectivity index (χ2v) is 4.92. The average Bonchev–Trinajstić information content (AvgIpc) is 2.37. The highest BCUT2D eigenvalue weighted by Crippen LogP contribution is 2.21. The summed E-state index contributed by atoms with van der Waals surface area (Å²) in [6.07, 6.45) is -4.43. The molecule has 0 saturated heterocycles. The Morgan fingerprint density at radius 3 is 2.62 bits per heavy atom. The Morgan fingerprint density at radius 1 is 1.43 bits per heavy atom. The van der Waals surface area contributed by atoms with Crippen LogP contribution in [0.5, 0.6) is 0 Å². The van der Waals surface area contributed by atoms with Crippen LogP contribution in [0.3, 0.4) is 0 Å². The van der Waals surface area contributed by atoms with Crippen LogP contribution in [0.15, 0.2) is 18.2 Å². The minimum atomic E-state index is -4.50. The first-order chi connectivity index (χ1) is 9.73. The molecule has 118 valence electrons. The van der Waals surface area contributed by atoms with E-state index in [4.69, 9.17) is 16.7 Å². The number of benzene rings is 1. The van der Waals surface area contributed by atoms with Gasteiger partial charge in [0.05, 0.1) is 0 Å². The smallest absolute Gasteiger partial charge is 0.396 e. The number of aryl methyl sites for hydroxylation is 1. The van der Waals surface area contributed by atoms with Gasteiger partial charge in [-0.1, -0.05) is 17.7 Å². The molecular weight excluding hydrogens is 309 g/mol. The molecule has 0 aromatic heterocycles. The summed E-state index contributed by atoms with van der Waals surface area (Å²) in [5.74, 6) is 0. The predicted molar refractivity (Wildman–Crippen MR) is 74.5 cm³/mol. The Kier molecular flexibility index (Phi) is 6.29. The van der Waals surface area contributed by atoms with Crippen molar-refractivity contribution >= 4 is 23.3 Å². The van der Waals surface area contributed by atoms with Crippen molar-refractivity contribution in [1.82, 2.24) is 4.90 Å². The third-order valence-corrected chi connectivity index (χ3v) is 3.07. The van der Waals surface area contributed by atoms with Crippen LogP contribution in [-0.2, 0) is 0 Å². The third-order valence-electron chi connectivity index (χ3n) is 2.67. The zero-order chi connectivity index (χ0) is 16.0. The Labute approximate surface area is 125 Å². The number of anilines is 1. The summed E-state index contributed by atoms with van der Waals surface area (Å²) in [6.45, 7) is -0.0942. The average molecular weight is 325 g/mol. The van der Waals surface area contributed by atoms with Crippen molar-refractivity contribution < 1.29 is 23.1 Å². The molecule has 8 heteroatoms. The zero-order valence-corrected chi connectivity index (χ0v) is 12.1. The number of hydrogen-bond donors (Lipinski definition) is 2. The molecule has 1 aromatic rings. The van der Waals surface area contributed by atoms with Crippen LogP contribution in [0.1, 0.15) is 12.0 Å². The lowest BCUT2D eigenvalue weighted by Gasteiger charge is -2.24. The van der Waals surface area contributed by atoms with E-state index < -0.39 is 18.8 Å². The van der Waals surface area contributed by atoms with Crippen molar-refractivity contribution in [2.45, 2.75) is 19.5 Å². The fourth-order valence-corrected chi connectivity index (χ4v) is 1.78. The highest BCUT2D eigenvalue weighted by atomic mass is 35.5. The van der Waals surface area contributed by atoms with Gasteiger partial charge in [0.2, 0.25) is 0 Å². The van der Waals surface area contributed by atoms with Gasteiger partial charge in [0.25, 0.3) is 0 Å². The molecule has 2 N–H and O–H groups in total. The molecule has 0 radical (unpaired) electrons. The largest absolute Gasteiger partial charge is 0.406 e. The van der Waals surface area contributed by atoms with Crippen LogP contribution < -0.4 is 5.32 Å². The van der Waals surface area contributed by atoms with Gasteiger partial charge in [-0.05, 0) is 31.0 Å². The fraction of sp³-hybridized carbons (Fsp3) is 0.462. The highest BCUT2D eigenvalue weighted by Gasteiger charge is 2.32. The summed E-state index contributed by atoms with van der Waals surface area (Å²) in [4.78, 5) is 12.5. The van der Waals surface area contributed by atoms with Gasteiger partial charge in [0, 0.05) is 23.9 Å². The molecule has 21 heavy (non-hydrogen) atoms. The molecule has 1 rings (SSSR count). The van der Waals surface area contributed by atoms with Crippen LogP contribution in [0.25, 0.3) is 0 Å². The molecule has 1 aromatic carbocycles. The van der Waals surface area contributed by atoms with Crippen molar-refractivity contribution in [1.29, 1.82) is 0 Å². The molecule has 2 amide bonds. The maximum atomic E-state index is 12.4. The molecule has 4 nitrogen and oxygen atoms in total. The second-order valence-electron chi connectivity index (χ2n) is 4.51. The SMILES string of the molecule is Cc1ccc(NC(=O)N(CCCO)CC(F)(F)F)cc1Cl. The maximum absolute atomic E-state index is 12.4. The molecule has 0 aliphatic carbocycles. The number of amides is 2. The molecule has 0 heterocycles. The fourth-order valence-electron chi connectivity index (χ4n) is 1.60. The number of hydrogen-bond acceptors (Lipinski definition) is 2. The van der Waals surface area contributed by atoms with Crippen molar-refractivity contribution in [2.24, 2.45) is 0 Å². The molecule has 0 unspecified atom stereocenters. The van der Waals surface area contributed by atoms with E-state index in [2.05, 4.69) is 5.32 Å². The quantitative estimate of drug-likeness (QED) is 0.872. The number of alkyl halides is 3. The number of aliphatic hydroxyl groups is 1. The first-order valence-electron chi connectivity index (χ1n) is 6.22. The van der Waals surface area contributed by atoms with Crippen LogP contribution in [0.4, 0.5) is 23.7 Å². The van der Waals surface area contributed by atoms with Gasteiger partial charge in [-0.3, -0.25) is 0 Å². The molecule has 0 spiro atoms. The standard InChI is InChI=1S/C13H16ClF3N2O2/c1-9-3-4-10(7-11(9)14)18-12(21)19(5-2-6-20)8-13(15,16)17/h3-4,7,20H,2,5-6,8H2,1H3,(H,18,21). The molecule has 0 atom stereocenters. The third kappa shape index (κ3) is 6.22. The van der Waals surface area contributed by atoms with Crippen molar-refractivity contribution in [3.63, 3.8) is 0 Å². The van der Waals surface area contributed by atoms with Gasteiger partial charge >= 0.3 is 12.2 Å². The second kappa shape index (κ2) is 7.51. The molecule has 0 bridgehead atoms. The van der Waals surface area contributed by atoms with E-state index in [1.165, 1.54) is 6.07 Å². The number of carbonyl (C=O) groups excluding carboxylic acids is 1. The lowest BCUT2D eigenvalue weighted by atomic mass is 10.2. The van der Waals surface area contributed by atoms with E-state index in [1.807, 2.05) is 0 Å². The topological polar surface area (TPSA) is 52.6 Å². The summed E-state index contributed by atoms with van der Waals surface area (Å²) in [6, 6.07) is 3.78. The molecule has 0 aliphatic rings. The van der Waals surface area contributed by atoms with Crippen LogP contribution in [0, 0.1) is 6.92 Å². The van der Waals surface area contributed by atoms with Crippen molar-refractivity contribution in [2.75, 3.05) is 25.0 Å². The number of carbonyl (C=O) groups is 1. The number of urea groups is 1. The van der Waals surface area contributed by atoms with E-state index in [-0.39, 0.29) is 19.6 Å². The molecule has 0 aliphatic heterocycles. The van der Waals surface area contributed by atoms with E-state index in [9.17, 15) is 18.0 Å². The number of rotatable bonds is 5. The minimum absolute atomic E-state index is 0.0676. The lowest BCUT2D eigenvalue weighted by molar-refractivity contribution is -0.139. The Hall–Kier alpha value is -1.47. The zero-order valence-electron chi connectivity index (χ0n) is 11.4. The summed E-state index contributed by atoms with van der Waals surface area (Å²) in [5, 5.41) is 11.5. The minimum Gasteiger partial charge on any atom is -0.396 e. The van der Waals surface area contributed by atoms with Gasteiger partial charge < -0.3 is 15.3 Å². The van der Waals surface area contributed by atoms with Crippen molar-refractivity contribution in [3.8, 4) is 0 Å². The van der Waals surface area contributed by atoms with Gasteiger partial charge in [-0.2, -0.15) is 13.2 Å². The lowest BCUT2D eigenvalue weighted by Crippen LogP contribution is -2.42. The number of aliphatic hydroxyl groups excluding tert-OH is 1. The Bertz CT molecular complexity index is 495. The van der Waals surface area contributed by atoms with Gasteiger partial charge in [0.15, 0.2) is 0 Å².